The number of hydrogen-bond acceptors (Lipinski definition) is 20. The Morgan fingerprint density at radius 2 is 0.592 bits per heavy atom. The molecule has 12 rings (SSSR count). The third-order valence-electron chi connectivity index (χ3n) is 23.6. The molecule has 3 aliphatic carbocycles. The summed E-state index contributed by atoms with van der Waals surface area (Å²) in [7, 11) is 0. The van der Waals surface area contributed by atoms with Crippen molar-refractivity contribution >= 4 is 83.0 Å². The Labute approximate surface area is 824 Å². The molecule has 0 spiro atoms. The first-order chi connectivity index (χ1) is 66.8. The number of carbonyl (C=O) groups is 13. The summed E-state index contributed by atoms with van der Waals surface area (Å²) in [4.78, 5) is 155. The summed E-state index contributed by atoms with van der Waals surface area (Å²) < 4.78 is 90.6. The number of ketones is 2. The molecule has 9 aromatic rings. The van der Waals surface area contributed by atoms with Crippen LogP contribution < -0.4 is 27.4 Å². The number of Topliss-reactive ketones (excluding diaryl/α,β-unsaturated/α-hetero) is 2. The Balaban J connectivity index is 0.000000256. The number of anilines is 1. The number of fused-ring (bicyclic) bond motifs is 9. The molecule has 25 nitrogen and oxygen atoms in total. The van der Waals surface area contributed by atoms with Gasteiger partial charge in [-0.1, -0.05) is 248 Å². The lowest BCUT2D eigenvalue weighted by Gasteiger charge is -2.22. The number of halogens is 6. The minimum Gasteiger partial charge on any atom is -0.480 e. The van der Waals surface area contributed by atoms with Gasteiger partial charge in [0.25, 0.3) is 0 Å². The zero-order valence-electron chi connectivity index (χ0n) is 82.6. The molecule has 3 aliphatic rings. The van der Waals surface area contributed by atoms with E-state index in [1.54, 1.807) is 13.8 Å². The molecule has 760 valence electrons. The van der Waals surface area contributed by atoms with E-state index in [0.29, 0.717) is 25.8 Å². The largest absolute Gasteiger partial charge is 0.490 e. The predicted molar refractivity (Wildman–Crippen MR) is 527 cm³/mol. The Hall–Kier alpha value is -14.0. The lowest BCUT2D eigenvalue weighted by molar-refractivity contribution is -0.192. The van der Waals surface area contributed by atoms with Gasteiger partial charge in [-0.25, -0.2) is 4.79 Å². The van der Waals surface area contributed by atoms with Gasteiger partial charge in [-0.2, -0.15) is 26.3 Å². The van der Waals surface area contributed by atoms with Gasteiger partial charge in [-0.3, -0.25) is 57.5 Å². The van der Waals surface area contributed by atoms with Crippen LogP contribution in [0.5, 0.6) is 0 Å². The Morgan fingerprint density at radius 3 is 0.817 bits per heavy atom. The van der Waals surface area contributed by atoms with Gasteiger partial charge in [0.05, 0.1) is 49.1 Å². The quantitative estimate of drug-likeness (QED) is 0.00638. The molecule has 0 saturated heterocycles. The number of nitrogens with two attached hydrogens (primary N) is 2. The number of benzene rings is 9. The second-order valence-corrected chi connectivity index (χ2v) is 37.9. The van der Waals surface area contributed by atoms with Gasteiger partial charge in [0, 0.05) is 55.7 Å². The monoisotopic (exact) mass is 1970 g/mol. The summed E-state index contributed by atoms with van der Waals surface area (Å²) in [5.41, 5.74) is 29.5. The number of ether oxygens (including phenoxy) is 5. The van der Waals surface area contributed by atoms with Crippen LogP contribution in [0.25, 0.3) is 33.4 Å². The van der Waals surface area contributed by atoms with Crippen LogP contribution in [-0.4, -0.2) is 149 Å². The lowest BCUT2D eigenvalue weighted by Crippen LogP contribution is -2.44. The minimum absolute atomic E-state index is 0.0331. The van der Waals surface area contributed by atoms with E-state index < -0.39 is 101 Å². The zero-order chi connectivity index (χ0) is 105. The fourth-order valence-corrected chi connectivity index (χ4v) is 15.9. The third-order valence-corrected chi connectivity index (χ3v) is 23.6. The number of esters is 5. The highest BCUT2D eigenvalue weighted by atomic mass is 19.4. The van der Waals surface area contributed by atoms with Crippen LogP contribution in [0.3, 0.4) is 0 Å². The molecule has 0 fully saturated rings. The number of carboxylic acids is 2. The van der Waals surface area contributed by atoms with Gasteiger partial charge in [-0.15, -0.1) is 0 Å². The van der Waals surface area contributed by atoms with Crippen LogP contribution in [-0.2, 0) is 118 Å². The molecule has 142 heavy (non-hydrogen) atoms. The molecule has 0 aromatic heterocycles. The maximum absolute atomic E-state index is 13.2. The molecule has 0 bridgehead atoms. The van der Waals surface area contributed by atoms with Crippen molar-refractivity contribution in [1.82, 2.24) is 16.0 Å². The van der Waals surface area contributed by atoms with Crippen molar-refractivity contribution in [3.63, 3.8) is 0 Å². The van der Waals surface area contributed by atoms with Crippen molar-refractivity contribution in [2.24, 2.45) is 41.2 Å². The van der Waals surface area contributed by atoms with E-state index in [0.717, 1.165) is 100 Å². The first-order valence-electron chi connectivity index (χ1n) is 46.9. The highest BCUT2D eigenvalue weighted by Crippen LogP contribution is 2.48. The van der Waals surface area contributed by atoms with Crippen LogP contribution in [0, 0.1) is 35.5 Å². The maximum Gasteiger partial charge on any atom is 0.490 e. The van der Waals surface area contributed by atoms with Gasteiger partial charge in [-0.05, 0) is 200 Å². The van der Waals surface area contributed by atoms with Crippen molar-refractivity contribution < 1.29 is 123 Å². The smallest absolute Gasteiger partial charge is 0.480 e. The molecule has 31 heteroatoms. The van der Waals surface area contributed by atoms with Crippen molar-refractivity contribution in [2.45, 2.75) is 228 Å². The first kappa shape index (κ1) is 115. The number of nitrogens with one attached hydrogen (secondary N) is 3. The summed E-state index contributed by atoms with van der Waals surface area (Å²) in [6, 6.07) is 69.0. The van der Waals surface area contributed by atoms with Crippen LogP contribution >= 0.6 is 0 Å². The molecule has 3 amide bonds. The topological polar surface area (TPSA) is 397 Å². The Bertz CT molecular complexity index is 5670. The maximum atomic E-state index is 13.2. The van der Waals surface area contributed by atoms with Crippen molar-refractivity contribution in [2.75, 3.05) is 25.6 Å². The highest BCUT2D eigenvalue weighted by molar-refractivity contribution is 5.94. The number of aldehydes is 1. The molecule has 0 radical (unpaired) electrons. The van der Waals surface area contributed by atoms with Crippen LogP contribution in [0.1, 0.15) is 215 Å². The fraction of sp³-hybridized carbons (Fsp3) is 0.396. The molecular formula is C111H129F6N5O20. The predicted octanol–water partition coefficient (Wildman–Crippen LogP) is 18.9. The number of rotatable bonds is 35. The number of nitrogen functional groups attached to an aromatic ring is 1. The number of amides is 3. The summed E-state index contributed by atoms with van der Waals surface area (Å²) in [6.45, 7) is 28.2. The molecule has 9 aromatic carbocycles. The van der Waals surface area contributed by atoms with E-state index in [9.17, 15) is 79.1 Å². The number of aliphatic carboxylic acids is 2. The van der Waals surface area contributed by atoms with Crippen LogP contribution in [0.15, 0.2) is 218 Å². The van der Waals surface area contributed by atoms with E-state index in [1.165, 1.54) is 6.92 Å². The SMILES string of the molecule is CC(C)(C)OC(=O)CCc1ccc(N)cc1.CC(C)[C@H](CC(=O)OCC1c2ccccc2-c2ccccc21)C(=O)N[C@@H](C)C(=O)Cc1ccc(CCC(=O)OC(C)(C)C)cc1.CC(C)[C@H](CC(=O)OCC1c2ccccc2-c2ccccc21)C(=O)N[C@@H](C)C(=O)Cc1ccc(CN)cc1.CC(C)[C@H](CC(=O)OCC1c2ccccc2-c2ccccc21)C(=O)N[C@@H](C)C(=O)O.O=C(O)C(F)(F)F.O=CC(F)(F)F. The van der Waals surface area contributed by atoms with Crippen molar-refractivity contribution in [3.05, 3.63) is 280 Å². The van der Waals surface area contributed by atoms with Crippen LogP contribution in [0.4, 0.5) is 32.0 Å². The Kier molecular flexibility index (Phi) is 43.4. The summed E-state index contributed by atoms with van der Waals surface area (Å²) in [6.07, 6.45) is -8.68. The van der Waals surface area contributed by atoms with E-state index in [2.05, 4.69) is 76.6 Å². The fourth-order valence-electron chi connectivity index (χ4n) is 15.9. The van der Waals surface area contributed by atoms with Gasteiger partial charge in [0.1, 0.15) is 37.1 Å². The summed E-state index contributed by atoms with van der Waals surface area (Å²) >= 11 is 0. The third kappa shape index (κ3) is 36.6. The normalized spacial score (nSPS) is 13.5. The standard InChI is InChI=1S/C38H45NO6.C32H36N2O4.C24H27NO5.C13H19NO2.C2HF3O2.C2HF3O/c1-24(2)32(22-36(42)44-23-33-30-13-9-7-11-28(30)29-12-8-10-14-31(29)33)37(43)39-25(3)34(40)21-27-17-15-26(16-18-27)19-20-35(41)45-38(4,5)6;1-20(2)28(32(37)34-21(3)30(35)16-22-12-14-23(18-33)15-13-22)17-31(36)38-19-29-26-10-6-4-8-24(26)25-9-5-7-11-27(25)29;1-14(2)20(23(27)25-15(3)24(28)29)12-22(26)30-13-21-18-10-6-4-8-16(18)17-9-5-7-11-19(17)21;1-13(2,3)16-12(15)9-6-10-4-7-11(14)8-5-10;3-2(4,5)1(6)7;3-2(4,5)1-6/h7-18,24-25,32-33H,19-23H2,1-6H3,(H,39,43);4-15,20-21,28-29H,16-19,33H2,1-3H3,(H,34,37);4-11,14-15,20-21H,12-13H2,1-3H3,(H,25,27)(H,28,29);4-5,7-8H,6,9,14H2,1-3H3;(H,6,7);1H/t25-,32-;21-,28-;15-,20-;;;/m000.../s1. The summed E-state index contributed by atoms with van der Waals surface area (Å²) in [5, 5.41) is 24.2. The zero-order valence-corrected chi connectivity index (χ0v) is 82.6. The van der Waals surface area contributed by atoms with Gasteiger partial charge in [0.15, 0.2) is 11.6 Å². The minimum atomic E-state index is -5.08. The number of carbonyl (C=O) groups excluding carboxylic acids is 11. The number of carboxylic acid groups (broad SMARTS) is 2. The summed E-state index contributed by atoms with van der Waals surface area (Å²) in [5.74, 6) is -9.27. The van der Waals surface area contributed by atoms with Crippen LogP contribution in [0.2, 0.25) is 0 Å². The molecule has 0 unspecified atom stereocenters. The molecule has 6 atom stereocenters. The molecular weight excluding hydrogens is 1840 g/mol. The number of alkyl halides is 6. The lowest BCUT2D eigenvalue weighted by atomic mass is 9.91. The van der Waals surface area contributed by atoms with E-state index >= 15 is 0 Å². The Morgan fingerprint density at radius 1 is 0.359 bits per heavy atom. The van der Waals surface area contributed by atoms with Crippen molar-refractivity contribution in [1.29, 1.82) is 0 Å². The first-order valence-corrected chi connectivity index (χ1v) is 46.9. The van der Waals surface area contributed by atoms with Gasteiger partial charge >= 0.3 is 54.1 Å². The highest BCUT2D eigenvalue weighted by Gasteiger charge is 2.40. The van der Waals surface area contributed by atoms with E-state index in [-0.39, 0.29) is 129 Å². The average Bonchev–Trinajstić information content (AvgIpc) is 1.62. The number of hydrogen-bond donors (Lipinski definition) is 7. The molecule has 0 aliphatic heterocycles. The second-order valence-electron chi connectivity index (χ2n) is 37.9. The molecule has 0 heterocycles. The average molecular weight is 1970 g/mol. The van der Waals surface area contributed by atoms with Gasteiger partial charge < -0.3 is 61.3 Å². The van der Waals surface area contributed by atoms with E-state index in [4.69, 9.17) is 55.0 Å². The molecule has 0 saturated carbocycles. The van der Waals surface area contributed by atoms with E-state index in [1.807, 2.05) is 241 Å². The van der Waals surface area contributed by atoms with Crippen molar-refractivity contribution in [3.8, 4) is 33.4 Å². The second kappa shape index (κ2) is 53.6. The number of aryl methyl sites for hydroxylation is 2. The van der Waals surface area contributed by atoms with Gasteiger partial charge in [0.2, 0.25) is 24.0 Å². The molecule has 9 N–H and O–H groups in total.